The largest absolute Gasteiger partial charge is 0.356 e. The Balaban J connectivity index is 0.00000289. The summed E-state index contributed by atoms with van der Waals surface area (Å²) >= 11 is 11.7. The number of hydrogen-bond acceptors (Lipinski definition) is 2. The molecule has 0 radical (unpaired) electrons. The smallest absolute Gasteiger partial charge is 0.224 e. The number of hydrogen-bond donors (Lipinski definition) is 2. The van der Waals surface area contributed by atoms with Gasteiger partial charge in [-0.05, 0) is 37.7 Å². The highest BCUT2D eigenvalue weighted by molar-refractivity contribution is 6.42. The van der Waals surface area contributed by atoms with Crippen molar-refractivity contribution in [2.45, 2.75) is 12.8 Å². The van der Waals surface area contributed by atoms with Crippen LogP contribution in [0.3, 0.4) is 0 Å². The molecule has 0 aliphatic carbocycles. The first-order valence-corrected chi connectivity index (χ1v) is 6.24. The third-order valence-electron chi connectivity index (χ3n) is 2.27. The van der Waals surface area contributed by atoms with Gasteiger partial charge in [-0.25, -0.2) is 0 Å². The van der Waals surface area contributed by atoms with Crippen LogP contribution in [0.2, 0.25) is 10.0 Å². The van der Waals surface area contributed by atoms with Crippen molar-refractivity contribution in [3.63, 3.8) is 0 Å². The van der Waals surface area contributed by atoms with Gasteiger partial charge in [0.25, 0.3) is 0 Å². The Morgan fingerprint density at radius 3 is 2.56 bits per heavy atom. The maximum Gasteiger partial charge on any atom is 0.224 e. The van der Waals surface area contributed by atoms with Crippen LogP contribution in [0.4, 0.5) is 0 Å². The summed E-state index contributed by atoms with van der Waals surface area (Å²) in [4.78, 5) is 11.6. The first-order chi connectivity index (χ1) is 8.13. The molecule has 0 spiro atoms. The minimum absolute atomic E-state index is 0. The van der Waals surface area contributed by atoms with E-state index in [9.17, 15) is 4.79 Å². The quantitative estimate of drug-likeness (QED) is 0.793. The van der Waals surface area contributed by atoms with E-state index in [-0.39, 0.29) is 18.3 Å². The number of amides is 1. The molecular formula is C12H17Cl3N2O. The summed E-state index contributed by atoms with van der Waals surface area (Å²) in [5, 5.41) is 6.85. The Morgan fingerprint density at radius 2 is 1.94 bits per heavy atom. The summed E-state index contributed by atoms with van der Waals surface area (Å²) in [7, 11) is 1.89. The van der Waals surface area contributed by atoms with Crippen molar-refractivity contribution in [3.8, 4) is 0 Å². The van der Waals surface area contributed by atoms with Gasteiger partial charge >= 0.3 is 0 Å². The predicted octanol–water partition coefficient (Wildman–Crippen LogP) is 2.68. The van der Waals surface area contributed by atoms with Gasteiger partial charge in [-0.15, -0.1) is 12.4 Å². The monoisotopic (exact) mass is 310 g/mol. The van der Waals surface area contributed by atoms with E-state index < -0.39 is 0 Å². The molecule has 0 saturated heterocycles. The van der Waals surface area contributed by atoms with Crippen LogP contribution in [0.5, 0.6) is 0 Å². The Morgan fingerprint density at radius 1 is 1.22 bits per heavy atom. The number of nitrogens with one attached hydrogen (secondary N) is 2. The lowest BCUT2D eigenvalue weighted by molar-refractivity contribution is -0.120. The maximum absolute atomic E-state index is 11.6. The SMILES string of the molecule is CNCCCNC(=O)Cc1ccc(Cl)c(Cl)c1.Cl. The first-order valence-electron chi connectivity index (χ1n) is 5.48. The van der Waals surface area contributed by atoms with Crippen molar-refractivity contribution in [1.29, 1.82) is 0 Å². The Bertz CT molecular complexity index is 386. The zero-order valence-electron chi connectivity index (χ0n) is 10.1. The standard InChI is InChI=1S/C12H16Cl2N2O.ClH/c1-15-5-2-6-16-12(17)8-9-3-4-10(13)11(14)7-9;/h3-4,7,15H,2,5-6,8H2,1H3,(H,16,17);1H. The molecule has 0 unspecified atom stereocenters. The van der Waals surface area contributed by atoms with Gasteiger partial charge in [0.2, 0.25) is 5.91 Å². The van der Waals surface area contributed by atoms with Crippen LogP contribution in [0.15, 0.2) is 18.2 Å². The fraction of sp³-hybridized carbons (Fsp3) is 0.417. The zero-order chi connectivity index (χ0) is 12.7. The highest BCUT2D eigenvalue weighted by Crippen LogP contribution is 2.22. The number of benzene rings is 1. The maximum atomic E-state index is 11.6. The molecule has 1 aromatic carbocycles. The van der Waals surface area contributed by atoms with Gasteiger partial charge in [0.1, 0.15) is 0 Å². The normalized spacial score (nSPS) is 9.72. The van der Waals surface area contributed by atoms with Crippen molar-refractivity contribution >= 4 is 41.5 Å². The molecule has 0 aliphatic heterocycles. The number of carbonyl (C=O) groups is 1. The third kappa shape index (κ3) is 6.45. The van der Waals surface area contributed by atoms with E-state index in [1.165, 1.54) is 0 Å². The molecule has 102 valence electrons. The van der Waals surface area contributed by atoms with E-state index >= 15 is 0 Å². The van der Waals surface area contributed by atoms with Gasteiger partial charge in [0.05, 0.1) is 16.5 Å². The minimum atomic E-state index is -0.000470. The molecule has 0 aliphatic rings. The molecule has 3 nitrogen and oxygen atoms in total. The van der Waals surface area contributed by atoms with Crippen LogP contribution in [-0.4, -0.2) is 26.0 Å². The van der Waals surface area contributed by atoms with Crippen LogP contribution in [0.1, 0.15) is 12.0 Å². The highest BCUT2D eigenvalue weighted by atomic mass is 35.5. The molecule has 0 atom stereocenters. The average Bonchev–Trinajstić information content (AvgIpc) is 2.30. The summed E-state index contributed by atoms with van der Waals surface area (Å²) in [5.41, 5.74) is 0.866. The van der Waals surface area contributed by atoms with Crippen molar-refractivity contribution in [3.05, 3.63) is 33.8 Å². The van der Waals surface area contributed by atoms with Gasteiger partial charge < -0.3 is 10.6 Å². The van der Waals surface area contributed by atoms with E-state index in [2.05, 4.69) is 10.6 Å². The van der Waals surface area contributed by atoms with Crippen LogP contribution < -0.4 is 10.6 Å². The Hall–Kier alpha value is -0.480. The third-order valence-corrected chi connectivity index (χ3v) is 3.01. The molecular weight excluding hydrogens is 295 g/mol. The van der Waals surface area contributed by atoms with Crippen LogP contribution in [-0.2, 0) is 11.2 Å². The average molecular weight is 312 g/mol. The molecule has 2 N–H and O–H groups in total. The predicted molar refractivity (Wildman–Crippen MR) is 79.0 cm³/mol. The van der Waals surface area contributed by atoms with Crippen molar-refractivity contribution in [2.24, 2.45) is 0 Å². The van der Waals surface area contributed by atoms with Crippen molar-refractivity contribution in [2.75, 3.05) is 20.1 Å². The van der Waals surface area contributed by atoms with Crippen molar-refractivity contribution < 1.29 is 4.79 Å². The van der Waals surface area contributed by atoms with Crippen LogP contribution in [0.25, 0.3) is 0 Å². The highest BCUT2D eigenvalue weighted by Gasteiger charge is 2.04. The lowest BCUT2D eigenvalue weighted by atomic mass is 10.1. The summed E-state index contributed by atoms with van der Waals surface area (Å²) in [6.07, 6.45) is 1.25. The second-order valence-electron chi connectivity index (χ2n) is 3.73. The molecule has 1 amide bonds. The second kappa shape index (κ2) is 9.45. The van der Waals surface area contributed by atoms with Crippen LogP contribution in [0, 0.1) is 0 Å². The number of rotatable bonds is 6. The number of halogens is 3. The van der Waals surface area contributed by atoms with Crippen LogP contribution >= 0.6 is 35.6 Å². The van der Waals surface area contributed by atoms with E-state index in [1.54, 1.807) is 18.2 Å². The molecule has 0 saturated carbocycles. The molecule has 0 aromatic heterocycles. The molecule has 1 aromatic rings. The molecule has 18 heavy (non-hydrogen) atoms. The molecule has 0 fully saturated rings. The van der Waals surface area contributed by atoms with E-state index in [1.807, 2.05) is 7.05 Å². The Kier molecular flexibility index (Phi) is 9.20. The van der Waals surface area contributed by atoms with Gasteiger partial charge in [0.15, 0.2) is 0 Å². The van der Waals surface area contributed by atoms with E-state index in [4.69, 9.17) is 23.2 Å². The molecule has 6 heteroatoms. The summed E-state index contributed by atoms with van der Waals surface area (Å²) in [6.45, 7) is 1.58. The number of carbonyl (C=O) groups excluding carboxylic acids is 1. The fourth-order valence-electron chi connectivity index (χ4n) is 1.39. The first kappa shape index (κ1) is 17.5. The lowest BCUT2D eigenvalue weighted by Crippen LogP contribution is -2.27. The second-order valence-corrected chi connectivity index (χ2v) is 4.55. The molecule has 1 rings (SSSR count). The summed E-state index contributed by atoms with van der Waals surface area (Å²) in [6, 6.07) is 5.23. The van der Waals surface area contributed by atoms with Gasteiger partial charge in [-0.1, -0.05) is 29.3 Å². The van der Waals surface area contributed by atoms with Gasteiger partial charge in [0, 0.05) is 6.54 Å². The summed E-state index contributed by atoms with van der Waals surface area (Å²) in [5.74, 6) is -0.000470. The van der Waals surface area contributed by atoms with Gasteiger partial charge in [-0.3, -0.25) is 4.79 Å². The minimum Gasteiger partial charge on any atom is -0.356 e. The zero-order valence-corrected chi connectivity index (χ0v) is 12.5. The molecule has 0 bridgehead atoms. The topological polar surface area (TPSA) is 41.1 Å². The molecule has 0 heterocycles. The van der Waals surface area contributed by atoms with Crippen molar-refractivity contribution in [1.82, 2.24) is 10.6 Å². The van der Waals surface area contributed by atoms with E-state index in [0.29, 0.717) is 23.0 Å². The Labute approximate surface area is 124 Å². The lowest BCUT2D eigenvalue weighted by Gasteiger charge is -2.06. The van der Waals surface area contributed by atoms with Gasteiger partial charge in [-0.2, -0.15) is 0 Å². The summed E-state index contributed by atoms with van der Waals surface area (Å²) < 4.78 is 0. The fourth-order valence-corrected chi connectivity index (χ4v) is 1.71. The van der Waals surface area contributed by atoms with E-state index in [0.717, 1.165) is 18.5 Å².